The molecule has 2 heteroatoms. The molecule has 0 atom stereocenters. The van der Waals surface area contributed by atoms with E-state index in [4.69, 9.17) is 0 Å². The molecule has 1 rings (SSSR count). The molecule has 86 valence electrons. The van der Waals surface area contributed by atoms with Crippen LogP contribution in [-0.2, 0) is 4.79 Å². The van der Waals surface area contributed by atoms with Gasteiger partial charge in [0.1, 0.15) is 0 Å². The molecular formula is C14H19NO. The summed E-state index contributed by atoms with van der Waals surface area (Å²) >= 11 is 0. The van der Waals surface area contributed by atoms with Gasteiger partial charge in [-0.3, -0.25) is 4.79 Å². The molecule has 0 bridgehead atoms. The molecule has 0 aliphatic heterocycles. The zero-order valence-electron chi connectivity index (χ0n) is 10.2. The first-order valence-electron chi connectivity index (χ1n) is 5.70. The summed E-state index contributed by atoms with van der Waals surface area (Å²) in [5.74, 6) is 0.0290. The van der Waals surface area contributed by atoms with Gasteiger partial charge in [0.15, 0.2) is 0 Å². The van der Waals surface area contributed by atoms with E-state index in [1.807, 2.05) is 57.2 Å². The second kappa shape index (κ2) is 6.11. The lowest BCUT2D eigenvalue weighted by molar-refractivity contribution is -0.118. The van der Waals surface area contributed by atoms with Crippen LogP contribution in [0.4, 0.5) is 0 Å². The van der Waals surface area contributed by atoms with Crippen molar-refractivity contribution in [3.8, 4) is 0 Å². The summed E-state index contributed by atoms with van der Waals surface area (Å²) in [5.41, 5.74) is 1.89. The highest BCUT2D eigenvalue weighted by atomic mass is 16.1. The van der Waals surface area contributed by atoms with Gasteiger partial charge < -0.3 is 5.32 Å². The van der Waals surface area contributed by atoms with E-state index in [1.54, 1.807) is 0 Å². The number of amides is 1. The normalized spacial score (nSPS) is 11.6. The van der Waals surface area contributed by atoms with E-state index < -0.39 is 0 Å². The topological polar surface area (TPSA) is 29.1 Å². The Labute approximate surface area is 97.4 Å². The second-order valence-electron chi connectivity index (χ2n) is 4.06. The SMILES string of the molecule is CC/C(=C\c1ccccc1)C(=O)NC(C)C. The number of nitrogens with one attached hydrogen (secondary N) is 1. The minimum absolute atomic E-state index is 0.0290. The van der Waals surface area contributed by atoms with Crippen LogP contribution in [0.5, 0.6) is 0 Å². The number of hydrogen-bond donors (Lipinski definition) is 1. The molecule has 0 radical (unpaired) electrons. The first kappa shape index (κ1) is 12.5. The monoisotopic (exact) mass is 217 g/mol. The Morgan fingerprint density at radius 3 is 2.44 bits per heavy atom. The molecule has 0 fully saturated rings. The van der Waals surface area contributed by atoms with Gasteiger partial charge in [0.05, 0.1) is 0 Å². The van der Waals surface area contributed by atoms with Crippen LogP contribution >= 0.6 is 0 Å². The number of hydrogen-bond acceptors (Lipinski definition) is 1. The van der Waals surface area contributed by atoms with Crippen molar-refractivity contribution in [3.05, 3.63) is 41.5 Å². The largest absolute Gasteiger partial charge is 0.350 e. The summed E-state index contributed by atoms with van der Waals surface area (Å²) in [5, 5.41) is 2.91. The maximum Gasteiger partial charge on any atom is 0.247 e. The third-order valence-electron chi connectivity index (χ3n) is 2.23. The summed E-state index contributed by atoms with van der Waals surface area (Å²) in [4.78, 5) is 11.8. The molecule has 0 spiro atoms. The zero-order valence-corrected chi connectivity index (χ0v) is 10.2. The smallest absolute Gasteiger partial charge is 0.247 e. The molecule has 2 nitrogen and oxygen atoms in total. The van der Waals surface area contributed by atoms with Gasteiger partial charge in [-0.05, 0) is 31.9 Å². The fourth-order valence-corrected chi connectivity index (χ4v) is 1.43. The lowest BCUT2D eigenvalue weighted by atomic mass is 10.1. The van der Waals surface area contributed by atoms with E-state index in [2.05, 4.69) is 5.32 Å². The molecule has 0 aromatic heterocycles. The highest BCUT2D eigenvalue weighted by Gasteiger charge is 2.07. The van der Waals surface area contributed by atoms with Gasteiger partial charge in [-0.25, -0.2) is 0 Å². The number of carbonyl (C=O) groups is 1. The van der Waals surface area contributed by atoms with Crippen LogP contribution in [0.25, 0.3) is 6.08 Å². The van der Waals surface area contributed by atoms with Gasteiger partial charge in [0, 0.05) is 11.6 Å². The molecule has 0 heterocycles. The maximum atomic E-state index is 11.8. The minimum atomic E-state index is 0.0290. The molecule has 0 unspecified atom stereocenters. The molecule has 0 aliphatic rings. The fraction of sp³-hybridized carbons (Fsp3) is 0.357. The first-order valence-corrected chi connectivity index (χ1v) is 5.70. The quantitative estimate of drug-likeness (QED) is 0.772. The van der Waals surface area contributed by atoms with Crippen molar-refractivity contribution in [3.63, 3.8) is 0 Å². The zero-order chi connectivity index (χ0) is 12.0. The Morgan fingerprint density at radius 1 is 1.31 bits per heavy atom. The third-order valence-corrected chi connectivity index (χ3v) is 2.23. The van der Waals surface area contributed by atoms with E-state index in [-0.39, 0.29) is 11.9 Å². The molecule has 0 saturated carbocycles. The van der Waals surface area contributed by atoms with Crippen LogP contribution in [0.3, 0.4) is 0 Å². The van der Waals surface area contributed by atoms with Crippen molar-refractivity contribution < 1.29 is 4.79 Å². The fourth-order valence-electron chi connectivity index (χ4n) is 1.43. The Hall–Kier alpha value is -1.57. The summed E-state index contributed by atoms with van der Waals surface area (Å²) < 4.78 is 0. The van der Waals surface area contributed by atoms with Crippen LogP contribution in [0.1, 0.15) is 32.8 Å². The average molecular weight is 217 g/mol. The molecular weight excluding hydrogens is 198 g/mol. The molecule has 0 aliphatic carbocycles. The standard InChI is InChI=1S/C14H19NO/c1-4-13(14(16)15-11(2)3)10-12-8-6-5-7-9-12/h5-11H,4H2,1-3H3,(H,15,16)/b13-10+. The van der Waals surface area contributed by atoms with Crippen molar-refractivity contribution in [2.24, 2.45) is 0 Å². The van der Waals surface area contributed by atoms with Crippen molar-refractivity contribution in [2.45, 2.75) is 33.2 Å². The molecule has 1 aromatic carbocycles. The highest BCUT2D eigenvalue weighted by molar-refractivity contribution is 5.97. The van der Waals surface area contributed by atoms with Crippen LogP contribution in [0, 0.1) is 0 Å². The number of carbonyl (C=O) groups excluding carboxylic acids is 1. The van der Waals surface area contributed by atoms with E-state index in [1.165, 1.54) is 0 Å². The van der Waals surface area contributed by atoms with E-state index in [9.17, 15) is 4.79 Å². The summed E-state index contributed by atoms with van der Waals surface area (Å²) in [7, 11) is 0. The maximum absolute atomic E-state index is 11.8. The van der Waals surface area contributed by atoms with Crippen LogP contribution in [-0.4, -0.2) is 11.9 Å². The van der Waals surface area contributed by atoms with E-state index in [0.29, 0.717) is 0 Å². The molecule has 16 heavy (non-hydrogen) atoms. The Bertz CT molecular complexity index is 366. The van der Waals surface area contributed by atoms with Gasteiger partial charge in [-0.15, -0.1) is 0 Å². The summed E-state index contributed by atoms with van der Waals surface area (Å²) in [6, 6.07) is 10.1. The lowest BCUT2D eigenvalue weighted by Gasteiger charge is -2.10. The Balaban J connectivity index is 2.82. The van der Waals surface area contributed by atoms with Gasteiger partial charge in [0.2, 0.25) is 5.91 Å². The van der Waals surface area contributed by atoms with Crippen molar-refractivity contribution >= 4 is 12.0 Å². The minimum Gasteiger partial charge on any atom is -0.350 e. The summed E-state index contributed by atoms with van der Waals surface area (Å²) in [6.07, 6.45) is 2.69. The number of rotatable bonds is 4. The highest BCUT2D eigenvalue weighted by Crippen LogP contribution is 2.09. The van der Waals surface area contributed by atoms with Crippen molar-refractivity contribution in [1.82, 2.24) is 5.32 Å². The van der Waals surface area contributed by atoms with Gasteiger partial charge in [0.25, 0.3) is 0 Å². The van der Waals surface area contributed by atoms with Crippen molar-refractivity contribution in [2.75, 3.05) is 0 Å². The molecule has 1 amide bonds. The molecule has 1 N–H and O–H groups in total. The second-order valence-corrected chi connectivity index (χ2v) is 4.06. The average Bonchev–Trinajstić information content (AvgIpc) is 2.26. The number of benzene rings is 1. The van der Waals surface area contributed by atoms with Gasteiger partial charge >= 0.3 is 0 Å². The predicted molar refractivity (Wildman–Crippen MR) is 68.0 cm³/mol. The lowest BCUT2D eigenvalue weighted by Crippen LogP contribution is -2.31. The summed E-state index contributed by atoms with van der Waals surface area (Å²) in [6.45, 7) is 5.93. The predicted octanol–water partition coefficient (Wildman–Crippen LogP) is 3.00. The third kappa shape index (κ3) is 3.89. The van der Waals surface area contributed by atoms with Gasteiger partial charge in [-0.1, -0.05) is 37.3 Å². The van der Waals surface area contributed by atoms with Gasteiger partial charge in [-0.2, -0.15) is 0 Å². The van der Waals surface area contributed by atoms with Crippen molar-refractivity contribution in [1.29, 1.82) is 0 Å². The van der Waals surface area contributed by atoms with E-state index in [0.717, 1.165) is 17.6 Å². The van der Waals surface area contributed by atoms with Crippen LogP contribution in [0.15, 0.2) is 35.9 Å². The van der Waals surface area contributed by atoms with Crippen LogP contribution < -0.4 is 5.32 Å². The Morgan fingerprint density at radius 2 is 1.94 bits per heavy atom. The first-order chi connectivity index (χ1) is 7.63. The molecule has 1 aromatic rings. The molecule has 0 saturated heterocycles. The van der Waals surface area contributed by atoms with E-state index >= 15 is 0 Å². The van der Waals surface area contributed by atoms with Crippen LogP contribution in [0.2, 0.25) is 0 Å². The Kier molecular flexibility index (Phi) is 4.77.